The SMILES string of the molecule is Cc1ccc(C)c(COC(=O)c2ccc([N+](=O)[O-])o2)c1. The number of hydrogen-bond donors (Lipinski definition) is 0. The topological polar surface area (TPSA) is 82.6 Å². The Hall–Kier alpha value is -2.63. The van der Waals surface area contributed by atoms with Crippen molar-refractivity contribution in [1.82, 2.24) is 0 Å². The molecule has 1 heterocycles. The fourth-order valence-electron chi connectivity index (χ4n) is 1.71. The van der Waals surface area contributed by atoms with Crippen molar-refractivity contribution in [1.29, 1.82) is 0 Å². The van der Waals surface area contributed by atoms with E-state index in [9.17, 15) is 14.9 Å². The third kappa shape index (κ3) is 3.03. The number of esters is 1. The van der Waals surface area contributed by atoms with E-state index < -0.39 is 16.8 Å². The number of nitro groups is 1. The second kappa shape index (κ2) is 5.56. The highest BCUT2D eigenvalue weighted by molar-refractivity contribution is 5.86. The van der Waals surface area contributed by atoms with Gasteiger partial charge < -0.3 is 9.15 Å². The van der Waals surface area contributed by atoms with Crippen molar-refractivity contribution in [2.45, 2.75) is 20.5 Å². The molecule has 2 aromatic rings. The monoisotopic (exact) mass is 275 g/mol. The van der Waals surface area contributed by atoms with E-state index in [1.54, 1.807) is 0 Å². The fraction of sp³-hybridized carbons (Fsp3) is 0.214. The molecule has 20 heavy (non-hydrogen) atoms. The van der Waals surface area contributed by atoms with Crippen molar-refractivity contribution >= 4 is 11.9 Å². The Bertz CT molecular complexity index is 659. The standard InChI is InChI=1S/C14H13NO5/c1-9-3-4-10(2)11(7-9)8-19-14(16)12-5-6-13(20-12)15(17)18/h3-7H,8H2,1-2H3. The number of aryl methyl sites for hydroxylation is 2. The van der Waals surface area contributed by atoms with E-state index in [0.717, 1.165) is 22.8 Å². The minimum absolute atomic E-state index is 0.0981. The normalized spacial score (nSPS) is 10.3. The minimum Gasteiger partial charge on any atom is -0.455 e. The number of carbonyl (C=O) groups is 1. The molecule has 0 atom stereocenters. The van der Waals surface area contributed by atoms with Crippen LogP contribution in [0.25, 0.3) is 0 Å². The van der Waals surface area contributed by atoms with Gasteiger partial charge in [-0.1, -0.05) is 23.8 Å². The number of nitrogens with zero attached hydrogens (tertiary/aromatic N) is 1. The van der Waals surface area contributed by atoms with E-state index in [0.29, 0.717) is 0 Å². The van der Waals surface area contributed by atoms with Gasteiger partial charge in [0, 0.05) is 0 Å². The maximum Gasteiger partial charge on any atom is 0.433 e. The Labute approximate surface area is 115 Å². The number of benzene rings is 1. The lowest BCUT2D eigenvalue weighted by Gasteiger charge is -2.07. The average Bonchev–Trinajstić information content (AvgIpc) is 2.89. The molecule has 0 spiro atoms. The van der Waals surface area contributed by atoms with Crippen molar-refractivity contribution < 1.29 is 18.9 Å². The molecule has 6 heteroatoms. The Kier molecular flexibility index (Phi) is 3.84. The summed E-state index contributed by atoms with van der Waals surface area (Å²) in [5, 5.41) is 10.5. The van der Waals surface area contributed by atoms with Crippen LogP contribution in [-0.4, -0.2) is 10.9 Å². The summed E-state index contributed by atoms with van der Waals surface area (Å²) in [7, 11) is 0. The highest BCUT2D eigenvalue weighted by Crippen LogP contribution is 2.18. The molecule has 0 saturated heterocycles. The van der Waals surface area contributed by atoms with E-state index in [4.69, 9.17) is 9.15 Å². The van der Waals surface area contributed by atoms with E-state index >= 15 is 0 Å². The number of carbonyl (C=O) groups excluding carboxylic acids is 1. The van der Waals surface area contributed by atoms with Gasteiger partial charge in [0.15, 0.2) is 0 Å². The maximum absolute atomic E-state index is 11.7. The van der Waals surface area contributed by atoms with Gasteiger partial charge in [-0.25, -0.2) is 4.79 Å². The Morgan fingerprint density at radius 3 is 2.70 bits per heavy atom. The van der Waals surface area contributed by atoms with Crippen LogP contribution in [0.5, 0.6) is 0 Å². The molecule has 1 aromatic heterocycles. The Morgan fingerprint density at radius 2 is 2.05 bits per heavy atom. The van der Waals surface area contributed by atoms with E-state index in [1.165, 1.54) is 6.07 Å². The molecule has 0 N–H and O–H groups in total. The van der Waals surface area contributed by atoms with Crippen LogP contribution in [0.4, 0.5) is 5.88 Å². The van der Waals surface area contributed by atoms with Gasteiger partial charge in [-0.2, -0.15) is 0 Å². The smallest absolute Gasteiger partial charge is 0.433 e. The number of rotatable bonds is 4. The predicted molar refractivity (Wildman–Crippen MR) is 70.4 cm³/mol. The first-order chi connectivity index (χ1) is 9.47. The third-order valence-corrected chi connectivity index (χ3v) is 2.84. The lowest BCUT2D eigenvalue weighted by molar-refractivity contribution is -0.402. The zero-order chi connectivity index (χ0) is 14.7. The van der Waals surface area contributed by atoms with Crippen LogP contribution in [0.3, 0.4) is 0 Å². The van der Waals surface area contributed by atoms with Gasteiger partial charge in [0.05, 0.1) is 6.07 Å². The van der Waals surface area contributed by atoms with Crippen LogP contribution < -0.4 is 0 Å². The quantitative estimate of drug-likeness (QED) is 0.486. The van der Waals surface area contributed by atoms with E-state index in [-0.39, 0.29) is 12.4 Å². The second-order valence-corrected chi connectivity index (χ2v) is 4.40. The van der Waals surface area contributed by atoms with E-state index in [2.05, 4.69) is 0 Å². The number of ether oxygens (including phenoxy) is 1. The van der Waals surface area contributed by atoms with Gasteiger partial charge in [0.1, 0.15) is 11.5 Å². The van der Waals surface area contributed by atoms with Crippen LogP contribution in [0, 0.1) is 24.0 Å². The molecule has 1 aromatic carbocycles. The lowest BCUT2D eigenvalue weighted by Crippen LogP contribution is -2.05. The Balaban J connectivity index is 2.04. The van der Waals surface area contributed by atoms with Crippen LogP contribution >= 0.6 is 0 Å². The van der Waals surface area contributed by atoms with Gasteiger partial charge >= 0.3 is 11.9 Å². The van der Waals surface area contributed by atoms with Crippen LogP contribution in [0.15, 0.2) is 34.7 Å². The third-order valence-electron chi connectivity index (χ3n) is 2.84. The number of hydrogen-bond acceptors (Lipinski definition) is 5. The molecule has 0 unspecified atom stereocenters. The van der Waals surface area contributed by atoms with Crippen LogP contribution in [-0.2, 0) is 11.3 Å². The van der Waals surface area contributed by atoms with E-state index in [1.807, 2.05) is 32.0 Å². The Morgan fingerprint density at radius 1 is 1.30 bits per heavy atom. The summed E-state index contributed by atoms with van der Waals surface area (Å²) < 4.78 is 9.86. The minimum atomic E-state index is -0.723. The molecule has 0 bridgehead atoms. The van der Waals surface area contributed by atoms with Crippen molar-refractivity contribution in [3.8, 4) is 0 Å². The molecule has 0 aliphatic heterocycles. The zero-order valence-corrected chi connectivity index (χ0v) is 11.1. The summed E-state index contributed by atoms with van der Waals surface area (Å²) in [6.45, 7) is 3.96. The first-order valence-electron chi connectivity index (χ1n) is 5.95. The van der Waals surface area contributed by atoms with Gasteiger partial charge in [-0.05, 0) is 31.0 Å². The van der Waals surface area contributed by atoms with Crippen molar-refractivity contribution in [2.75, 3.05) is 0 Å². The summed E-state index contributed by atoms with van der Waals surface area (Å²) in [5.74, 6) is -1.38. The summed E-state index contributed by atoms with van der Waals surface area (Å²) in [4.78, 5) is 21.5. The van der Waals surface area contributed by atoms with Crippen LogP contribution in [0.2, 0.25) is 0 Å². The maximum atomic E-state index is 11.7. The molecule has 0 radical (unpaired) electrons. The molecule has 2 rings (SSSR count). The molecule has 0 aliphatic rings. The highest BCUT2D eigenvalue weighted by Gasteiger charge is 2.18. The average molecular weight is 275 g/mol. The van der Waals surface area contributed by atoms with Crippen LogP contribution in [0.1, 0.15) is 27.2 Å². The molecular formula is C14H13NO5. The van der Waals surface area contributed by atoms with Crippen molar-refractivity contribution in [3.05, 3.63) is 62.9 Å². The summed E-state index contributed by atoms with van der Waals surface area (Å²) in [6.07, 6.45) is 0. The summed E-state index contributed by atoms with van der Waals surface area (Å²) in [5.41, 5.74) is 2.96. The van der Waals surface area contributed by atoms with Gasteiger partial charge in [-0.3, -0.25) is 10.1 Å². The highest BCUT2D eigenvalue weighted by atomic mass is 16.7. The number of furan rings is 1. The largest absolute Gasteiger partial charge is 0.455 e. The molecule has 0 amide bonds. The first kappa shape index (κ1) is 13.8. The molecule has 0 fully saturated rings. The van der Waals surface area contributed by atoms with Gasteiger partial charge in [0.25, 0.3) is 0 Å². The summed E-state index contributed by atoms with van der Waals surface area (Å²) in [6, 6.07) is 8.18. The van der Waals surface area contributed by atoms with Gasteiger partial charge in [0.2, 0.25) is 5.76 Å². The lowest BCUT2D eigenvalue weighted by atomic mass is 10.1. The zero-order valence-electron chi connectivity index (χ0n) is 11.1. The summed E-state index contributed by atoms with van der Waals surface area (Å²) >= 11 is 0. The first-order valence-corrected chi connectivity index (χ1v) is 5.95. The van der Waals surface area contributed by atoms with Crippen molar-refractivity contribution in [3.63, 3.8) is 0 Å². The molecule has 0 saturated carbocycles. The van der Waals surface area contributed by atoms with Crippen molar-refractivity contribution in [2.24, 2.45) is 0 Å². The molecule has 104 valence electrons. The fourth-order valence-corrected chi connectivity index (χ4v) is 1.71. The molecule has 6 nitrogen and oxygen atoms in total. The predicted octanol–water partition coefficient (Wildman–Crippen LogP) is 3.16. The van der Waals surface area contributed by atoms with Gasteiger partial charge in [-0.15, -0.1) is 0 Å². The second-order valence-electron chi connectivity index (χ2n) is 4.40. The molecular weight excluding hydrogens is 262 g/mol. The molecule has 0 aliphatic carbocycles.